The number of hydrogen-bond donors (Lipinski definition) is 0. The van der Waals surface area contributed by atoms with Crippen LogP contribution in [0.15, 0.2) is 12.1 Å². The highest BCUT2D eigenvalue weighted by molar-refractivity contribution is 5.42. The molecule has 0 saturated carbocycles. The first-order chi connectivity index (χ1) is 8.32. The molecular formula is C18H29F. The molecule has 0 aliphatic carbocycles. The van der Waals surface area contributed by atoms with Crippen molar-refractivity contribution in [3.05, 3.63) is 34.4 Å². The highest BCUT2D eigenvalue weighted by atomic mass is 19.1. The molecule has 0 N–H and O–H groups in total. The van der Waals surface area contributed by atoms with E-state index < -0.39 is 11.1 Å². The largest absolute Gasteiger partial charge is 0.244 e. The number of aryl methyl sites for hydroxylation is 2. The molecule has 0 aliphatic rings. The molecule has 0 spiro atoms. The molecule has 19 heavy (non-hydrogen) atoms. The normalized spacial score (nSPS) is 16.3. The summed E-state index contributed by atoms with van der Waals surface area (Å²) in [5, 5.41) is 0. The van der Waals surface area contributed by atoms with E-state index in [0.717, 1.165) is 5.56 Å². The van der Waals surface area contributed by atoms with E-state index in [4.69, 9.17) is 0 Å². The van der Waals surface area contributed by atoms with Crippen LogP contribution in [0.5, 0.6) is 0 Å². The third-order valence-electron chi connectivity index (χ3n) is 5.19. The van der Waals surface area contributed by atoms with Gasteiger partial charge in [-0.15, -0.1) is 0 Å². The van der Waals surface area contributed by atoms with Gasteiger partial charge in [-0.1, -0.05) is 39.8 Å². The molecule has 0 saturated heterocycles. The fourth-order valence-corrected chi connectivity index (χ4v) is 2.99. The second-order valence-corrected chi connectivity index (χ2v) is 7.58. The van der Waals surface area contributed by atoms with Gasteiger partial charge in [-0.3, -0.25) is 0 Å². The fraction of sp³-hybridized carbons (Fsp3) is 0.667. The van der Waals surface area contributed by atoms with Crippen LogP contribution in [0.1, 0.15) is 63.8 Å². The van der Waals surface area contributed by atoms with Crippen molar-refractivity contribution >= 4 is 0 Å². The Kier molecular flexibility index (Phi) is 3.93. The lowest BCUT2D eigenvalue weighted by Gasteiger charge is -2.49. The average Bonchev–Trinajstić information content (AvgIpc) is 2.20. The molecule has 0 heterocycles. The summed E-state index contributed by atoms with van der Waals surface area (Å²) in [6.07, 6.45) is 0. The molecule has 0 aliphatic heterocycles. The van der Waals surface area contributed by atoms with Gasteiger partial charge in [-0.2, -0.15) is 0 Å². The van der Waals surface area contributed by atoms with Crippen molar-refractivity contribution in [3.8, 4) is 0 Å². The van der Waals surface area contributed by atoms with Crippen LogP contribution in [0.2, 0.25) is 0 Å². The smallest absolute Gasteiger partial charge is 0.115 e. The Morgan fingerprint density at radius 2 is 1.16 bits per heavy atom. The number of benzene rings is 1. The summed E-state index contributed by atoms with van der Waals surface area (Å²) in [4.78, 5) is 0. The third kappa shape index (κ3) is 2.57. The number of alkyl halides is 1. The van der Waals surface area contributed by atoms with Crippen molar-refractivity contribution in [3.63, 3.8) is 0 Å². The Balaban J connectivity index is 3.62. The van der Waals surface area contributed by atoms with Gasteiger partial charge in [-0.25, -0.2) is 4.39 Å². The summed E-state index contributed by atoms with van der Waals surface area (Å²) in [6.45, 7) is 18.2. The van der Waals surface area contributed by atoms with Crippen LogP contribution in [0, 0.1) is 26.2 Å². The zero-order chi connectivity index (χ0) is 15.2. The van der Waals surface area contributed by atoms with E-state index in [1.165, 1.54) is 16.7 Å². The van der Waals surface area contributed by atoms with Crippen molar-refractivity contribution in [1.82, 2.24) is 0 Å². The predicted octanol–water partition coefficient (Wildman–Crippen LogP) is 5.66. The molecule has 1 heteroatoms. The standard InChI is InChI=1S/C18H29F/c1-12-10-15(11-13(2)14(12)3)18(9,16(4,5)6)17(7,8)19/h10-11H,1-9H3. The van der Waals surface area contributed by atoms with Crippen molar-refractivity contribution in [2.75, 3.05) is 0 Å². The minimum Gasteiger partial charge on any atom is -0.244 e. The molecule has 1 unspecified atom stereocenters. The number of hydrogen-bond acceptors (Lipinski definition) is 0. The van der Waals surface area contributed by atoms with Crippen molar-refractivity contribution in [2.45, 2.75) is 73.4 Å². The Bertz CT molecular complexity index is 432. The molecule has 0 fully saturated rings. The van der Waals surface area contributed by atoms with Gasteiger partial charge >= 0.3 is 0 Å². The maximum atomic E-state index is 15.0. The first-order valence-corrected chi connectivity index (χ1v) is 7.09. The number of rotatable bonds is 2. The Labute approximate surface area is 118 Å². The lowest BCUT2D eigenvalue weighted by molar-refractivity contribution is 0.0178. The van der Waals surface area contributed by atoms with E-state index in [1.807, 2.05) is 0 Å². The molecule has 1 rings (SSSR count). The molecule has 108 valence electrons. The molecule has 1 aromatic rings. The molecule has 0 bridgehead atoms. The van der Waals surface area contributed by atoms with E-state index in [0.29, 0.717) is 0 Å². The Morgan fingerprint density at radius 3 is 1.42 bits per heavy atom. The molecule has 1 aromatic carbocycles. The Hall–Kier alpha value is -0.850. The van der Waals surface area contributed by atoms with Crippen LogP contribution >= 0.6 is 0 Å². The van der Waals surface area contributed by atoms with Crippen LogP contribution in [-0.4, -0.2) is 5.67 Å². The quantitative estimate of drug-likeness (QED) is 0.646. The van der Waals surface area contributed by atoms with E-state index in [2.05, 4.69) is 60.6 Å². The summed E-state index contributed by atoms with van der Waals surface area (Å²) in [7, 11) is 0. The average molecular weight is 264 g/mol. The maximum Gasteiger partial charge on any atom is 0.115 e. The van der Waals surface area contributed by atoms with E-state index in [1.54, 1.807) is 13.8 Å². The molecule has 1 atom stereocenters. The van der Waals surface area contributed by atoms with Gasteiger partial charge in [0.2, 0.25) is 0 Å². The topological polar surface area (TPSA) is 0 Å². The lowest BCUT2D eigenvalue weighted by atomic mass is 9.56. The zero-order valence-corrected chi connectivity index (χ0v) is 14.0. The van der Waals surface area contributed by atoms with E-state index in [-0.39, 0.29) is 5.41 Å². The summed E-state index contributed by atoms with van der Waals surface area (Å²) < 4.78 is 15.0. The van der Waals surface area contributed by atoms with Gasteiger partial charge in [0, 0.05) is 5.41 Å². The van der Waals surface area contributed by atoms with Crippen LogP contribution < -0.4 is 0 Å². The van der Waals surface area contributed by atoms with Crippen LogP contribution in [0.4, 0.5) is 4.39 Å². The second kappa shape index (κ2) is 4.61. The van der Waals surface area contributed by atoms with Crippen molar-refractivity contribution in [1.29, 1.82) is 0 Å². The molecular weight excluding hydrogens is 235 g/mol. The van der Waals surface area contributed by atoms with Gasteiger partial charge in [0.05, 0.1) is 0 Å². The molecule has 0 nitrogen and oxygen atoms in total. The number of halogens is 1. The first-order valence-electron chi connectivity index (χ1n) is 7.09. The molecule has 0 radical (unpaired) electrons. The maximum absolute atomic E-state index is 15.0. The minimum absolute atomic E-state index is 0.153. The van der Waals surface area contributed by atoms with E-state index in [9.17, 15) is 4.39 Å². The van der Waals surface area contributed by atoms with Crippen molar-refractivity contribution in [2.24, 2.45) is 5.41 Å². The monoisotopic (exact) mass is 264 g/mol. The SMILES string of the molecule is Cc1cc(C(C)(C(C)(C)C)C(C)(C)F)cc(C)c1C. The van der Waals surface area contributed by atoms with Gasteiger partial charge in [0.15, 0.2) is 0 Å². The summed E-state index contributed by atoms with van der Waals surface area (Å²) in [6, 6.07) is 4.32. The molecule has 0 amide bonds. The van der Waals surface area contributed by atoms with E-state index >= 15 is 0 Å². The van der Waals surface area contributed by atoms with Crippen LogP contribution in [0.3, 0.4) is 0 Å². The summed E-state index contributed by atoms with van der Waals surface area (Å²) in [5.74, 6) is 0. The van der Waals surface area contributed by atoms with Crippen LogP contribution in [-0.2, 0) is 5.41 Å². The summed E-state index contributed by atoms with van der Waals surface area (Å²) in [5.41, 5.74) is 2.94. The predicted molar refractivity (Wildman–Crippen MR) is 82.6 cm³/mol. The van der Waals surface area contributed by atoms with Gasteiger partial charge in [-0.05, 0) is 62.3 Å². The van der Waals surface area contributed by atoms with Gasteiger partial charge < -0.3 is 0 Å². The highest BCUT2D eigenvalue weighted by Gasteiger charge is 2.51. The van der Waals surface area contributed by atoms with Crippen molar-refractivity contribution < 1.29 is 4.39 Å². The highest BCUT2D eigenvalue weighted by Crippen LogP contribution is 2.50. The van der Waals surface area contributed by atoms with Gasteiger partial charge in [0.25, 0.3) is 0 Å². The van der Waals surface area contributed by atoms with Gasteiger partial charge in [0.1, 0.15) is 5.67 Å². The first kappa shape index (κ1) is 16.2. The van der Waals surface area contributed by atoms with Crippen LogP contribution in [0.25, 0.3) is 0 Å². The second-order valence-electron chi connectivity index (χ2n) is 7.58. The molecule has 0 aromatic heterocycles. The summed E-state index contributed by atoms with van der Waals surface area (Å²) >= 11 is 0. The minimum atomic E-state index is -1.28. The third-order valence-corrected chi connectivity index (χ3v) is 5.19. The lowest BCUT2D eigenvalue weighted by Crippen LogP contribution is -2.51. The Morgan fingerprint density at radius 1 is 0.789 bits per heavy atom. The fourth-order valence-electron chi connectivity index (χ4n) is 2.99. The zero-order valence-electron chi connectivity index (χ0n) is 14.0.